The van der Waals surface area contributed by atoms with Gasteiger partial charge in [-0.2, -0.15) is 8.42 Å². The van der Waals surface area contributed by atoms with Crippen LogP contribution in [0.2, 0.25) is 0 Å². The first-order chi connectivity index (χ1) is 16.3. The lowest BCUT2D eigenvalue weighted by molar-refractivity contribution is 0.0879. The fraction of sp³-hybridized carbons (Fsp3) is 0.345. The van der Waals surface area contributed by atoms with Crippen LogP contribution in [-0.2, 0) is 14.3 Å². The van der Waals surface area contributed by atoms with Gasteiger partial charge in [-0.15, -0.1) is 0 Å². The molecule has 5 heteroatoms. The predicted octanol–water partition coefficient (Wildman–Crippen LogP) is 6.94. The standard InChI is InChI=1S/C27H28O4S.C2H6/c1-19-8-15-25(16-9-19)32(29,30)31-18-24-14-17-26(20(24)2)27(28)23-12-10-22(11-13-23)21-6-4-3-5-7-21;1-2/h3-13,15-16,20,24,26H,14,17-18H2,1-2H3;1-2H3/t20-,24-,26-;/m0./s1. The largest absolute Gasteiger partial charge is 0.296 e. The number of hydrogen-bond acceptors (Lipinski definition) is 4. The first kappa shape index (κ1) is 25.9. The van der Waals surface area contributed by atoms with E-state index in [1.807, 2.05) is 82.3 Å². The van der Waals surface area contributed by atoms with E-state index in [-0.39, 0.29) is 35.0 Å². The van der Waals surface area contributed by atoms with Gasteiger partial charge in [0.25, 0.3) is 10.1 Å². The molecule has 34 heavy (non-hydrogen) atoms. The van der Waals surface area contributed by atoms with E-state index in [0.717, 1.165) is 29.5 Å². The van der Waals surface area contributed by atoms with Crippen molar-refractivity contribution in [2.24, 2.45) is 17.8 Å². The molecule has 4 rings (SSSR count). The number of hydrogen-bond donors (Lipinski definition) is 0. The molecule has 3 aromatic rings. The molecule has 0 amide bonds. The molecule has 0 heterocycles. The molecule has 180 valence electrons. The van der Waals surface area contributed by atoms with Crippen LogP contribution >= 0.6 is 0 Å². The highest BCUT2D eigenvalue weighted by Gasteiger charge is 2.38. The van der Waals surface area contributed by atoms with Gasteiger partial charge in [-0.05, 0) is 54.9 Å². The average Bonchev–Trinajstić information content (AvgIpc) is 3.24. The Bertz CT molecular complexity index is 1170. The van der Waals surface area contributed by atoms with Crippen molar-refractivity contribution in [1.82, 2.24) is 0 Å². The number of Topliss-reactive ketones (excluding diaryl/α,β-unsaturated/α-hetero) is 1. The molecule has 0 N–H and O–H groups in total. The highest BCUT2D eigenvalue weighted by Crippen LogP contribution is 2.39. The van der Waals surface area contributed by atoms with Gasteiger partial charge in [0.1, 0.15) is 0 Å². The monoisotopic (exact) mass is 478 g/mol. The highest BCUT2D eigenvalue weighted by molar-refractivity contribution is 7.86. The van der Waals surface area contributed by atoms with Gasteiger partial charge >= 0.3 is 0 Å². The summed E-state index contributed by atoms with van der Waals surface area (Å²) in [6.45, 7) is 8.04. The van der Waals surface area contributed by atoms with Crippen LogP contribution in [0.1, 0.15) is 49.5 Å². The topological polar surface area (TPSA) is 60.4 Å². The molecule has 1 aliphatic carbocycles. The van der Waals surface area contributed by atoms with Crippen LogP contribution in [0.4, 0.5) is 0 Å². The molecule has 0 bridgehead atoms. The third-order valence-corrected chi connectivity index (χ3v) is 7.88. The number of ketones is 1. The molecular formula is C29H34O4S. The molecule has 0 aliphatic heterocycles. The Balaban J connectivity index is 0.00000158. The third kappa shape index (κ3) is 6.02. The number of benzene rings is 3. The summed E-state index contributed by atoms with van der Waals surface area (Å²) in [5, 5.41) is 0. The lowest BCUT2D eigenvalue weighted by atomic mass is 9.86. The summed E-state index contributed by atoms with van der Waals surface area (Å²) >= 11 is 0. The highest BCUT2D eigenvalue weighted by atomic mass is 32.2. The minimum Gasteiger partial charge on any atom is -0.294 e. The summed E-state index contributed by atoms with van der Waals surface area (Å²) in [5.41, 5.74) is 3.89. The van der Waals surface area contributed by atoms with Crippen molar-refractivity contribution in [3.8, 4) is 11.1 Å². The zero-order chi connectivity index (χ0) is 24.7. The maximum atomic E-state index is 13.1. The van der Waals surface area contributed by atoms with Crippen molar-refractivity contribution < 1.29 is 17.4 Å². The molecule has 0 saturated heterocycles. The maximum absolute atomic E-state index is 13.1. The van der Waals surface area contributed by atoms with Gasteiger partial charge < -0.3 is 0 Å². The smallest absolute Gasteiger partial charge is 0.294 e. The van der Waals surface area contributed by atoms with Gasteiger partial charge in [-0.25, -0.2) is 0 Å². The van der Waals surface area contributed by atoms with Gasteiger partial charge in [0.2, 0.25) is 0 Å². The Morgan fingerprint density at radius 3 is 2.06 bits per heavy atom. The zero-order valence-electron chi connectivity index (χ0n) is 20.4. The Morgan fingerprint density at radius 1 is 0.853 bits per heavy atom. The summed E-state index contributed by atoms with van der Waals surface area (Å²) < 4.78 is 30.4. The van der Waals surface area contributed by atoms with E-state index >= 15 is 0 Å². The molecule has 0 spiro atoms. The Labute approximate surface area is 204 Å². The van der Waals surface area contributed by atoms with Gasteiger partial charge in [-0.3, -0.25) is 8.98 Å². The van der Waals surface area contributed by atoms with Crippen LogP contribution in [0.15, 0.2) is 83.8 Å². The molecule has 0 radical (unpaired) electrons. The van der Waals surface area contributed by atoms with E-state index in [0.29, 0.717) is 5.56 Å². The first-order valence-corrected chi connectivity index (χ1v) is 13.4. The van der Waals surface area contributed by atoms with E-state index in [2.05, 4.69) is 0 Å². The van der Waals surface area contributed by atoms with Crippen molar-refractivity contribution in [2.45, 2.75) is 45.4 Å². The van der Waals surface area contributed by atoms with E-state index in [9.17, 15) is 13.2 Å². The van der Waals surface area contributed by atoms with Gasteiger partial charge in [0.05, 0.1) is 11.5 Å². The molecule has 1 saturated carbocycles. The number of aryl methyl sites for hydroxylation is 1. The Morgan fingerprint density at radius 2 is 1.44 bits per heavy atom. The van der Waals surface area contributed by atoms with Crippen LogP contribution < -0.4 is 0 Å². The third-order valence-electron chi connectivity index (χ3n) is 6.59. The molecule has 0 unspecified atom stereocenters. The summed E-state index contributed by atoms with van der Waals surface area (Å²) in [7, 11) is -3.79. The first-order valence-electron chi connectivity index (χ1n) is 12.0. The minimum atomic E-state index is -3.79. The zero-order valence-corrected chi connectivity index (χ0v) is 21.2. The van der Waals surface area contributed by atoms with Crippen LogP contribution in [0.5, 0.6) is 0 Å². The lowest BCUT2D eigenvalue weighted by Gasteiger charge is -2.20. The minimum absolute atomic E-state index is 0.0350. The van der Waals surface area contributed by atoms with Crippen molar-refractivity contribution in [2.75, 3.05) is 6.61 Å². The second-order valence-electron chi connectivity index (χ2n) is 8.66. The normalized spacial score (nSPS) is 19.8. The SMILES string of the molecule is CC.Cc1ccc(S(=O)(=O)OC[C@@H]2CC[C@H](C(=O)c3ccc(-c4ccccc4)cc3)[C@H]2C)cc1. The Kier molecular flexibility index (Phi) is 8.81. The molecule has 3 aromatic carbocycles. The predicted molar refractivity (Wildman–Crippen MR) is 137 cm³/mol. The maximum Gasteiger partial charge on any atom is 0.296 e. The summed E-state index contributed by atoms with van der Waals surface area (Å²) in [6.07, 6.45) is 1.53. The lowest BCUT2D eigenvalue weighted by Crippen LogP contribution is -2.23. The van der Waals surface area contributed by atoms with Crippen LogP contribution in [0, 0.1) is 24.7 Å². The van der Waals surface area contributed by atoms with Crippen LogP contribution in [0.3, 0.4) is 0 Å². The molecule has 4 nitrogen and oxygen atoms in total. The summed E-state index contributed by atoms with van der Waals surface area (Å²) in [5.74, 6) is 0.103. The fourth-order valence-electron chi connectivity index (χ4n) is 4.47. The van der Waals surface area contributed by atoms with E-state index in [4.69, 9.17) is 4.18 Å². The number of rotatable bonds is 7. The van der Waals surface area contributed by atoms with Crippen LogP contribution in [0.25, 0.3) is 11.1 Å². The van der Waals surface area contributed by atoms with Crippen molar-refractivity contribution in [3.05, 3.63) is 90.0 Å². The van der Waals surface area contributed by atoms with Crippen LogP contribution in [-0.4, -0.2) is 20.8 Å². The number of carbonyl (C=O) groups is 1. The second kappa shape index (κ2) is 11.6. The van der Waals surface area contributed by atoms with Gasteiger partial charge in [-0.1, -0.05) is 93.1 Å². The van der Waals surface area contributed by atoms with Crippen molar-refractivity contribution in [3.63, 3.8) is 0 Å². The average molecular weight is 479 g/mol. The second-order valence-corrected chi connectivity index (χ2v) is 10.3. The molecule has 1 aliphatic rings. The van der Waals surface area contributed by atoms with Crippen molar-refractivity contribution in [1.29, 1.82) is 0 Å². The fourth-order valence-corrected chi connectivity index (χ4v) is 5.43. The van der Waals surface area contributed by atoms with Gasteiger partial charge in [0.15, 0.2) is 5.78 Å². The van der Waals surface area contributed by atoms with Gasteiger partial charge in [0, 0.05) is 11.5 Å². The molecule has 3 atom stereocenters. The van der Waals surface area contributed by atoms with Crippen molar-refractivity contribution >= 4 is 15.9 Å². The summed E-state index contributed by atoms with van der Waals surface area (Å²) in [4.78, 5) is 13.3. The van der Waals surface area contributed by atoms with E-state index in [1.165, 1.54) is 0 Å². The van der Waals surface area contributed by atoms with E-state index in [1.54, 1.807) is 24.3 Å². The molecule has 1 fully saturated rings. The quantitative estimate of drug-likeness (QED) is 0.273. The van der Waals surface area contributed by atoms with E-state index < -0.39 is 10.1 Å². The molecular weight excluding hydrogens is 444 g/mol. The molecule has 0 aromatic heterocycles. The summed E-state index contributed by atoms with van der Waals surface area (Å²) in [6, 6.07) is 24.5. The number of carbonyl (C=O) groups excluding carboxylic acids is 1. The Hall–Kier alpha value is -2.76.